The molecule has 0 radical (unpaired) electrons. The molecule has 1 aliphatic carbocycles. The molecule has 1 aliphatic heterocycles. The summed E-state index contributed by atoms with van der Waals surface area (Å²) in [5.74, 6) is 0.559. The Balaban J connectivity index is 1.18. The van der Waals surface area contributed by atoms with Crippen LogP contribution in [0, 0.1) is 11.7 Å². The van der Waals surface area contributed by atoms with Gasteiger partial charge in [-0.25, -0.2) is 4.39 Å². The van der Waals surface area contributed by atoms with Crippen molar-refractivity contribution in [1.29, 1.82) is 0 Å². The summed E-state index contributed by atoms with van der Waals surface area (Å²) in [6, 6.07) is 19.7. The zero-order valence-corrected chi connectivity index (χ0v) is 25.0. The summed E-state index contributed by atoms with van der Waals surface area (Å²) in [4.78, 5) is 17.3. The van der Waals surface area contributed by atoms with Crippen LogP contribution in [-0.2, 0) is 16.0 Å². The van der Waals surface area contributed by atoms with E-state index < -0.39 is 0 Å². The molecule has 1 saturated heterocycles. The third-order valence-electron chi connectivity index (χ3n) is 9.12. The topological polar surface area (TPSA) is 61.5 Å². The highest BCUT2D eigenvalue weighted by atomic mass is 19.1. The van der Waals surface area contributed by atoms with Crippen LogP contribution in [0.5, 0.6) is 0 Å². The summed E-state index contributed by atoms with van der Waals surface area (Å²) in [6.07, 6.45) is 4.43. The van der Waals surface area contributed by atoms with E-state index in [4.69, 9.17) is 4.74 Å². The fourth-order valence-electron chi connectivity index (χ4n) is 6.41. The Morgan fingerprint density at radius 2 is 1.83 bits per heavy atom. The van der Waals surface area contributed by atoms with Gasteiger partial charge in [0.2, 0.25) is 0 Å². The number of benzene rings is 2. The summed E-state index contributed by atoms with van der Waals surface area (Å²) in [6.45, 7) is 9.49. The van der Waals surface area contributed by atoms with Crippen LogP contribution in [0.25, 0.3) is 0 Å². The normalized spacial score (nSPS) is 22.3. The molecular formula is C34H45FN4O2. The van der Waals surface area contributed by atoms with Crippen LogP contribution in [0.15, 0.2) is 60.7 Å². The Kier molecular flexibility index (Phi) is 9.25. The molecule has 41 heavy (non-hydrogen) atoms. The van der Waals surface area contributed by atoms with Crippen molar-refractivity contribution < 1.29 is 13.9 Å². The van der Waals surface area contributed by atoms with E-state index in [2.05, 4.69) is 66.2 Å². The molecule has 2 fully saturated rings. The average Bonchev–Trinajstić information content (AvgIpc) is 3.56. The minimum atomic E-state index is -0.208. The molecule has 1 N–H and O–H groups in total. The van der Waals surface area contributed by atoms with Crippen LogP contribution in [0.3, 0.4) is 0 Å². The molecule has 5 rings (SSSR count). The van der Waals surface area contributed by atoms with Gasteiger partial charge in [-0.2, -0.15) is 5.10 Å². The smallest absolute Gasteiger partial charge is 0.320 e. The number of aromatic amines is 1. The Morgan fingerprint density at radius 3 is 2.54 bits per heavy atom. The van der Waals surface area contributed by atoms with E-state index in [1.54, 1.807) is 12.1 Å². The van der Waals surface area contributed by atoms with Gasteiger partial charge in [0, 0.05) is 30.1 Å². The van der Waals surface area contributed by atoms with Gasteiger partial charge in [0.05, 0.1) is 12.2 Å². The number of likely N-dealkylation sites (N-methyl/N-ethyl adjacent to an activating group) is 1. The average molecular weight is 561 g/mol. The Labute approximate surface area is 244 Å². The lowest BCUT2D eigenvalue weighted by Gasteiger charge is -2.34. The van der Waals surface area contributed by atoms with Gasteiger partial charge >= 0.3 is 5.97 Å². The van der Waals surface area contributed by atoms with E-state index >= 15 is 0 Å². The van der Waals surface area contributed by atoms with Crippen molar-refractivity contribution in [3.63, 3.8) is 0 Å². The van der Waals surface area contributed by atoms with Crippen LogP contribution < -0.4 is 0 Å². The number of aromatic nitrogens is 2. The van der Waals surface area contributed by atoms with Gasteiger partial charge in [-0.15, -0.1) is 0 Å². The lowest BCUT2D eigenvalue weighted by atomic mass is 9.87. The number of piperidine rings is 1. The molecule has 1 aromatic heterocycles. The van der Waals surface area contributed by atoms with Crippen LogP contribution in [0.2, 0.25) is 0 Å². The van der Waals surface area contributed by atoms with E-state index in [1.165, 1.54) is 17.3 Å². The summed E-state index contributed by atoms with van der Waals surface area (Å²) in [7, 11) is 1.95. The summed E-state index contributed by atoms with van der Waals surface area (Å²) < 4.78 is 20.2. The number of ether oxygens (including phenoxy) is 1. The van der Waals surface area contributed by atoms with E-state index in [0.29, 0.717) is 11.8 Å². The van der Waals surface area contributed by atoms with Crippen molar-refractivity contribution >= 4 is 5.97 Å². The van der Waals surface area contributed by atoms with Gasteiger partial charge in [-0.1, -0.05) is 42.5 Å². The number of rotatable bonds is 9. The van der Waals surface area contributed by atoms with E-state index in [0.717, 1.165) is 63.0 Å². The predicted octanol–water partition coefficient (Wildman–Crippen LogP) is 6.15. The molecule has 0 bridgehead atoms. The molecule has 3 atom stereocenters. The second-order valence-electron chi connectivity index (χ2n) is 13.1. The Bertz CT molecular complexity index is 1280. The maximum Gasteiger partial charge on any atom is 0.320 e. The monoisotopic (exact) mass is 560 g/mol. The lowest BCUT2D eigenvalue weighted by Crippen LogP contribution is -2.42. The Hall–Kier alpha value is -3.03. The van der Waals surface area contributed by atoms with Crippen LogP contribution in [-0.4, -0.2) is 70.8 Å². The van der Waals surface area contributed by atoms with Gasteiger partial charge < -0.3 is 9.64 Å². The van der Waals surface area contributed by atoms with Gasteiger partial charge in [0.25, 0.3) is 0 Å². The molecule has 2 heterocycles. The van der Waals surface area contributed by atoms with Gasteiger partial charge in [-0.3, -0.25) is 14.8 Å². The number of hydrogen-bond acceptors (Lipinski definition) is 5. The van der Waals surface area contributed by atoms with E-state index in [9.17, 15) is 9.18 Å². The highest BCUT2D eigenvalue weighted by Crippen LogP contribution is 2.42. The number of esters is 1. The first-order valence-electron chi connectivity index (χ1n) is 15.1. The largest absolute Gasteiger partial charge is 0.461 e. The minimum Gasteiger partial charge on any atom is -0.461 e. The summed E-state index contributed by atoms with van der Waals surface area (Å²) >= 11 is 0. The zero-order valence-electron chi connectivity index (χ0n) is 25.0. The summed E-state index contributed by atoms with van der Waals surface area (Å²) in [5.41, 5.74) is 4.52. The molecule has 0 unspecified atom stereocenters. The predicted molar refractivity (Wildman–Crippen MR) is 160 cm³/mol. The minimum absolute atomic E-state index is 0.104. The number of nitrogens with zero attached hydrogens (tertiary/aromatic N) is 3. The number of carbonyl (C=O) groups excluding carboxylic acids is 1. The highest BCUT2D eigenvalue weighted by molar-refractivity contribution is 5.72. The molecule has 7 heteroatoms. The molecule has 2 aromatic carbocycles. The van der Waals surface area contributed by atoms with Gasteiger partial charge in [-0.05, 0) is 108 Å². The molecule has 6 nitrogen and oxygen atoms in total. The SMILES string of the molecule is CN(CC(=O)O[C@H]1C[C@H](CN2CCC(c3cc(Cc4ccccc4)[nH]n3)CC2)[C@@H](c2cccc(F)c2)C1)C(C)(C)C. The molecule has 1 saturated carbocycles. The van der Waals surface area contributed by atoms with Crippen LogP contribution in [0.1, 0.15) is 80.8 Å². The van der Waals surface area contributed by atoms with Gasteiger partial charge in [0.15, 0.2) is 0 Å². The first kappa shape index (κ1) is 29.5. The summed E-state index contributed by atoms with van der Waals surface area (Å²) in [5, 5.41) is 7.92. The molecule has 2 aliphatic rings. The fourth-order valence-corrected chi connectivity index (χ4v) is 6.41. The van der Waals surface area contributed by atoms with Crippen molar-refractivity contribution in [2.45, 2.75) is 76.4 Å². The van der Waals surface area contributed by atoms with Crippen molar-refractivity contribution in [2.75, 3.05) is 33.2 Å². The third-order valence-corrected chi connectivity index (χ3v) is 9.12. The first-order valence-corrected chi connectivity index (χ1v) is 15.1. The number of halogens is 1. The van der Waals surface area contributed by atoms with Crippen molar-refractivity contribution in [3.05, 3.63) is 89.0 Å². The second kappa shape index (κ2) is 12.9. The molecule has 0 spiro atoms. The number of H-pyrrole nitrogens is 1. The van der Waals surface area contributed by atoms with E-state index in [1.807, 2.05) is 24.1 Å². The molecule has 220 valence electrons. The molecule has 3 aromatic rings. The zero-order chi connectivity index (χ0) is 29.0. The number of likely N-dealkylation sites (tertiary alicyclic amines) is 1. The quantitative estimate of drug-likeness (QED) is 0.318. The Morgan fingerprint density at radius 1 is 1.07 bits per heavy atom. The maximum absolute atomic E-state index is 14.2. The van der Waals surface area contributed by atoms with Crippen LogP contribution in [0.4, 0.5) is 4.39 Å². The van der Waals surface area contributed by atoms with Crippen molar-refractivity contribution in [2.24, 2.45) is 5.92 Å². The van der Waals surface area contributed by atoms with Crippen molar-refractivity contribution in [1.82, 2.24) is 20.0 Å². The highest BCUT2D eigenvalue weighted by Gasteiger charge is 2.39. The number of carbonyl (C=O) groups is 1. The standard InChI is InChI=1S/C34H45FN4O2/c1-34(2,3)38(4)23-33(40)41-30-19-27(31(21-30)26-11-8-12-28(35)18-26)22-39-15-13-25(14-16-39)32-20-29(36-37-32)17-24-9-6-5-7-10-24/h5-12,18,20,25,27,30-31H,13-17,19,21-23H2,1-4H3,(H,36,37)/t27-,30+,31-/m1/s1. The molecule has 0 amide bonds. The fraction of sp³-hybridized carbons (Fsp3) is 0.529. The van der Waals surface area contributed by atoms with Crippen molar-refractivity contribution in [3.8, 4) is 0 Å². The van der Waals surface area contributed by atoms with Gasteiger partial charge in [0.1, 0.15) is 11.9 Å². The maximum atomic E-state index is 14.2. The molecular weight excluding hydrogens is 515 g/mol. The first-order chi connectivity index (χ1) is 19.6. The lowest BCUT2D eigenvalue weighted by molar-refractivity contribution is -0.151. The number of hydrogen-bond donors (Lipinski definition) is 1. The van der Waals surface area contributed by atoms with E-state index in [-0.39, 0.29) is 35.9 Å². The van der Waals surface area contributed by atoms with Crippen LogP contribution >= 0.6 is 0 Å². The third kappa shape index (κ3) is 7.83. The second-order valence-corrected chi connectivity index (χ2v) is 13.1. The number of nitrogens with one attached hydrogen (secondary N) is 1.